The lowest BCUT2D eigenvalue weighted by molar-refractivity contribution is 0.106. The number of nitrogens with zero attached hydrogens (tertiary/aromatic N) is 5. The highest BCUT2D eigenvalue weighted by molar-refractivity contribution is 5.54. The fourth-order valence-electron chi connectivity index (χ4n) is 3.65. The van der Waals surface area contributed by atoms with Gasteiger partial charge in [0.25, 0.3) is 0 Å². The van der Waals surface area contributed by atoms with E-state index in [1.54, 1.807) is 0 Å². The van der Waals surface area contributed by atoms with Crippen LogP contribution in [0.15, 0.2) is 18.3 Å². The largest absolute Gasteiger partial charge is 0.291 e. The SMILES string of the molecule is Cc1cc(-c2ccnn2C(C)C)nc(C2CCCCN2C(C)C)n1. The molecule has 2 aromatic heterocycles. The van der Waals surface area contributed by atoms with Gasteiger partial charge in [0.15, 0.2) is 0 Å². The molecule has 0 amide bonds. The molecule has 0 saturated carbocycles. The number of piperidine rings is 1. The van der Waals surface area contributed by atoms with E-state index in [9.17, 15) is 0 Å². The molecule has 3 rings (SSSR count). The quantitative estimate of drug-likeness (QED) is 0.846. The predicted octanol–water partition coefficient (Wildman–Crippen LogP) is 4.16. The summed E-state index contributed by atoms with van der Waals surface area (Å²) in [4.78, 5) is 12.3. The van der Waals surface area contributed by atoms with Crippen LogP contribution in [-0.2, 0) is 0 Å². The lowest BCUT2D eigenvalue weighted by atomic mass is 9.99. The summed E-state index contributed by atoms with van der Waals surface area (Å²) in [5, 5.41) is 4.45. The first-order valence-electron chi connectivity index (χ1n) is 9.12. The predicted molar refractivity (Wildman–Crippen MR) is 96.8 cm³/mol. The molecule has 1 fully saturated rings. The molecule has 0 aromatic carbocycles. The zero-order chi connectivity index (χ0) is 17.3. The highest BCUT2D eigenvalue weighted by Gasteiger charge is 2.28. The molecular weight excluding hydrogens is 298 g/mol. The van der Waals surface area contributed by atoms with Gasteiger partial charge in [-0.05, 0) is 66.1 Å². The summed E-state index contributed by atoms with van der Waals surface area (Å²) >= 11 is 0. The average Bonchev–Trinajstić information content (AvgIpc) is 3.04. The molecule has 5 heteroatoms. The molecule has 1 aliphatic heterocycles. The van der Waals surface area contributed by atoms with Gasteiger partial charge in [-0.15, -0.1) is 0 Å². The molecule has 0 spiro atoms. The summed E-state index contributed by atoms with van der Waals surface area (Å²) in [6, 6.07) is 5.28. The van der Waals surface area contributed by atoms with Crippen LogP contribution in [0.5, 0.6) is 0 Å². The molecule has 1 atom stereocenters. The van der Waals surface area contributed by atoms with Crippen molar-refractivity contribution in [2.75, 3.05) is 6.54 Å². The van der Waals surface area contributed by atoms with E-state index in [2.05, 4.69) is 50.7 Å². The van der Waals surface area contributed by atoms with Crippen molar-refractivity contribution in [2.24, 2.45) is 0 Å². The number of aryl methyl sites for hydroxylation is 1. The molecule has 0 N–H and O–H groups in total. The third kappa shape index (κ3) is 3.36. The Morgan fingerprint density at radius 1 is 1.08 bits per heavy atom. The third-order valence-corrected chi connectivity index (χ3v) is 4.80. The van der Waals surface area contributed by atoms with E-state index in [-0.39, 0.29) is 0 Å². The first kappa shape index (κ1) is 17.1. The van der Waals surface area contributed by atoms with Gasteiger partial charge >= 0.3 is 0 Å². The molecule has 1 aliphatic rings. The second kappa shape index (κ2) is 7.01. The van der Waals surface area contributed by atoms with Crippen molar-refractivity contribution in [1.82, 2.24) is 24.6 Å². The van der Waals surface area contributed by atoms with Gasteiger partial charge in [0.2, 0.25) is 0 Å². The van der Waals surface area contributed by atoms with Crippen LogP contribution in [-0.4, -0.2) is 37.2 Å². The highest BCUT2D eigenvalue weighted by Crippen LogP contribution is 2.32. The van der Waals surface area contributed by atoms with Crippen molar-refractivity contribution < 1.29 is 0 Å². The zero-order valence-electron chi connectivity index (χ0n) is 15.5. The molecule has 3 heterocycles. The number of hydrogen-bond donors (Lipinski definition) is 0. The maximum Gasteiger partial charge on any atom is 0.146 e. The minimum absolute atomic E-state index is 0.315. The Morgan fingerprint density at radius 3 is 2.58 bits per heavy atom. The summed E-state index contributed by atoms with van der Waals surface area (Å²) in [7, 11) is 0. The first-order chi connectivity index (χ1) is 11.5. The molecular formula is C19H29N5. The van der Waals surface area contributed by atoms with Crippen LogP contribution in [0.3, 0.4) is 0 Å². The van der Waals surface area contributed by atoms with Gasteiger partial charge in [0, 0.05) is 24.0 Å². The normalized spacial score (nSPS) is 19.4. The van der Waals surface area contributed by atoms with E-state index in [1.165, 1.54) is 12.8 Å². The summed E-state index contributed by atoms with van der Waals surface area (Å²) in [6.07, 6.45) is 5.52. The second-order valence-electron chi connectivity index (χ2n) is 7.35. The zero-order valence-corrected chi connectivity index (χ0v) is 15.5. The Hall–Kier alpha value is -1.75. The Bertz CT molecular complexity index is 689. The Morgan fingerprint density at radius 2 is 1.88 bits per heavy atom. The highest BCUT2D eigenvalue weighted by atomic mass is 15.3. The first-order valence-corrected chi connectivity index (χ1v) is 9.12. The lowest BCUT2D eigenvalue weighted by Gasteiger charge is -2.37. The second-order valence-corrected chi connectivity index (χ2v) is 7.35. The smallest absolute Gasteiger partial charge is 0.146 e. The maximum absolute atomic E-state index is 4.96. The van der Waals surface area contributed by atoms with E-state index >= 15 is 0 Å². The van der Waals surface area contributed by atoms with Gasteiger partial charge in [-0.2, -0.15) is 5.10 Å². The van der Waals surface area contributed by atoms with Crippen molar-refractivity contribution in [1.29, 1.82) is 0 Å². The average molecular weight is 327 g/mol. The Labute approximate surface area is 145 Å². The van der Waals surface area contributed by atoms with Gasteiger partial charge in [-0.3, -0.25) is 9.58 Å². The van der Waals surface area contributed by atoms with Crippen molar-refractivity contribution >= 4 is 0 Å². The molecule has 24 heavy (non-hydrogen) atoms. The van der Waals surface area contributed by atoms with Crippen LogP contribution in [0.2, 0.25) is 0 Å². The van der Waals surface area contributed by atoms with E-state index < -0.39 is 0 Å². The van der Waals surface area contributed by atoms with Crippen LogP contribution in [0.1, 0.15) is 70.6 Å². The number of likely N-dealkylation sites (tertiary alicyclic amines) is 1. The summed E-state index contributed by atoms with van der Waals surface area (Å²) in [5.74, 6) is 0.968. The fraction of sp³-hybridized carbons (Fsp3) is 0.632. The maximum atomic E-state index is 4.96. The van der Waals surface area contributed by atoms with E-state index in [0.717, 1.165) is 35.9 Å². The van der Waals surface area contributed by atoms with Crippen LogP contribution in [0, 0.1) is 6.92 Å². The van der Waals surface area contributed by atoms with Gasteiger partial charge in [0.05, 0.1) is 17.4 Å². The number of aromatic nitrogens is 4. The fourth-order valence-corrected chi connectivity index (χ4v) is 3.65. The van der Waals surface area contributed by atoms with Crippen molar-refractivity contribution in [3.63, 3.8) is 0 Å². The van der Waals surface area contributed by atoms with E-state index in [4.69, 9.17) is 9.97 Å². The Balaban J connectivity index is 2.01. The molecule has 5 nitrogen and oxygen atoms in total. The van der Waals surface area contributed by atoms with Crippen LogP contribution in [0.25, 0.3) is 11.4 Å². The van der Waals surface area contributed by atoms with Gasteiger partial charge in [0.1, 0.15) is 5.82 Å². The summed E-state index contributed by atoms with van der Waals surface area (Å²) in [5.41, 5.74) is 3.09. The molecule has 0 radical (unpaired) electrons. The topological polar surface area (TPSA) is 46.8 Å². The molecule has 1 saturated heterocycles. The van der Waals surface area contributed by atoms with Crippen LogP contribution in [0.4, 0.5) is 0 Å². The van der Waals surface area contributed by atoms with Gasteiger partial charge in [-0.1, -0.05) is 6.42 Å². The molecule has 2 aromatic rings. The number of rotatable bonds is 4. The minimum atomic E-state index is 0.315. The lowest BCUT2D eigenvalue weighted by Crippen LogP contribution is -2.39. The molecule has 0 aliphatic carbocycles. The molecule has 1 unspecified atom stereocenters. The third-order valence-electron chi connectivity index (χ3n) is 4.80. The van der Waals surface area contributed by atoms with Gasteiger partial charge in [-0.25, -0.2) is 9.97 Å². The molecule has 0 bridgehead atoms. The minimum Gasteiger partial charge on any atom is -0.291 e. The summed E-state index contributed by atoms with van der Waals surface area (Å²) in [6.45, 7) is 12.0. The van der Waals surface area contributed by atoms with E-state index in [0.29, 0.717) is 18.1 Å². The summed E-state index contributed by atoms with van der Waals surface area (Å²) < 4.78 is 2.03. The Kier molecular flexibility index (Phi) is 4.99. The van der Waals surface area contributed by atoms with Crippen molar-refractivity contribution in [3.05, 3.63) is 29.8 Å². The van der Waals surface area contributed by atoms with Crippen LogP contribution < -0.4 is 0 Å². The van der Waals surface area contributed by atoms with Crippen molar-refractivity contribution in [2.45, 2.75) is 72.0 Å². The van der Waals surface area contributed by atoms with Gasteiger partial charge < -0.3 is 0 Å². The molecule has 130 valence electrons. The van der Waals surface area contributed by atoms with E-state index in [1.807, 2.05) is 16.9 Å². The standard InChI is InChI=1S/C19H29N5/c1-13(2)23-11-7-6-8-18(23)19-21-15(5)12-16(22-19)17-9-10-20-24(17)14(3)4/h9-10,12-14,18H,6-8,11H2,1-5H3. The van der Waals surface area contributed by atoms with Crippen LogP contribution >= 0.6 is 0 Å². The monoisotopic (exact) mass is 327 g/mol. The number of hydrogen-bond acceptors (Lipinski definition) is 4. The van der Waals surface area contributed by atoms with Crippen molar-refractivity contribution in [3.8, 4) is 11.4 Å².